The van der Waals surface area contributed by atoms with E-state index in [9.17, 15) is 18.0 Å². The summed E-state index contributed by atoms with van der Waals surface area (Å²) in [4.78, 5) is 23.1. The molecule has 2 N–H and O–H groups in total. The molecule has 0 saturated carbocycles. The molecule has 1 amide bonds. The highest BCUT2D eigenvalue weighted by Gasteiger charge is 2.32. The van der Waals surface area contributed by atoms with Crippen LogP contribution in [0.4, 0.5) is 0 Å². The van der Waals surface area contributed by atoms with Crippen LogP contribution < -0.4 is 5.32 Å². The molecule has 150 valence electrons. The first kappa shape index (κ1) is 21.3. The zero-order chi connectivity index (χ0) is 19.9. The summed E-state index contributed by atoms with van der Waals surface area (Å²) >= 11 is 0. The van der Waals surface area contributed by atoms with Crippen LogP contribution in [0.25, 0.3) is 0 Å². The fraction of sp³-hybridized carbons (Fsp3) is 0.556. The largest absolute Gasteiger partial charge is 0.478 e. The number of benzene rings is 1. The third-order valence-electron chi connectivity index (χ3n) is 4.64. The molecule has 27 heavy (non-hydrogen) atoms. The fourth-order valence-electron chi connectivity index (χ4n) is 3.00. The molecule has 0 aliphatic carbocycles. The van der Waals surface area contributed by atoms with E-state index in [0.29, 0.717) is 26.0 Å². The number of aromatic carboxylic acids is 1. The second kappa shape index (κ2) is 9.82. The van der Waals surface area contributed by atoms with Gasteiger partial charge in [-0.15, -0.1) is 0 Å². The Hall–Kier alpha value is -1.97. The summed E-state index contributed by atoms with van der Waals surface area (Å²) in [5.41, 5.74) is 0.0369. The topological polar surface area (TPSA) is 113 Å². The average Bonchev–Trinajstić information content (AvgIpc) is 2.67. The minimum atomic E-state index is -3.69. The number of piperidine rings is 1. The van der Waals surface area contributed by atoms with Gasteiger partial charge < -0.3 is 15.2 Å². The zero-order valence-electron chi connectivity index (χ0n) is 15.4. The number of carboxylic acids is 1. The van der Waals surface area contributed by atoms with Crippen LogP contribution in [0.3, 0.4) is 0 Å². The smallest absolute Gasteiger partial charge is 0.335 e. The predicted octanol–water partition coefficient (Wildman–Crippen LogP) is 1.33. The molecule has 0 atom stereocenters. The molecule has 0 unspecified atom stereocenters. The lowest BCUT2D eigenvalue weighted by atomic mass is 9.97. The molecule has 0 spiro atoms. The predicted molar refractivity (Wildman–Crippen MR) is 99.0 cm³/mol. The van der Waals surface area contributed by atoms with Crippen LogP contribution in [0.1, 0.15) is 36.0 Å². The molecule has 1 fully saturated rings. The van der Waals surface area contributed by atoms with E-state index in [-0.39, 0.29) is 35.4 Å². The number of nitrogens with zero attached hydrogens (tertiary/aromatic N) is 1. The van der Waals surface area contributed by atoms with Crippen molar-refractivity contribution in [2.45, 2.75) is 30.6 Å². The monoisotopic (exact) mass is 398 g/mol. The molecule has 0 bridgehead atoms. The van der Waals surface area contributed by atoms with Gasteiger partial charge >= 0.3 is 5.97 Å². The Morgan fingerprint density at radius 3 is 2.37 bits per heavy atom. The van der Waals surface area contributed by atoms with E-state index in [0.717, 1.165) is 12.8 Å². The van der Waals surface area contributed by atoms with Crippen LogP contribution >= 0.6 is 0 Å². The van der Waals surface area contributed by atoms with Gasteiger partial charge in [0.2, 0.25) is 15.9 Å². The number of methoxy groups -OCH3 is 1. The summed E-state index contributed by atoms with van der Waals surface area (Å²) < 4.78 is 31.7. The standard InChI is InChI=1S/C18H26N2O6S/c1-26-13-3-2-10-19-17(21)14-8-11-20(12-9-14)27(24,25)16-6-4-15(5-7-16)18(22)23/h4-7,14H,2-3,8-13H2,1H3,(H,19,21)(H,22,23). The van der Waals surface area contributed by atoms with Crippen molar-refractivity contribution in [1.82, 2.24) is 9.62 Å². The van der Waals surface area contributed by atoms with Crippen molar-refractivity contribution in [3.05, 3.63) is 29.8 Å². The van der Waals surface area contributed by atoms with Crippen molar-refractivity contribution in [3.8, 4) is 0 Å². The Balaban J connectivity index is 1.86. The summed E-state index contributed by atoms with van der Waals surface area (Å²) in [5, 5.41) is 11.8. The first-order valence-electron chi connectivity index (χ1n) is 8.96. The number of rotatable bonds is 9. The van der Waals surface area contributed by atoms with Crippen LogP contribution in [0.2, 0.25) is 0 Å². The average molecular weight is 398 g/mol. The molecule has 1 aromatic rings. The minimum Gasteiger partial charge on any atom is -0.478 e. The van der Waals surface area contributed by atoms with Crippen molar-refractivity contribution in [2.24, 2.45) is 5.92 Å². The first-order chi connectivity index (χ1) is 12.9. The lowest BCUT2D eigenvalue weighted by molar-refractivity contribution is -0.126. The van der Waals surface area contributed by atoms with E-state index in [1.807, 2.05) is 0 Å². The number of nitrogens with one attached hydrogen (secondary N) is 1. The number of carbonyl (C=O) groups is 2. The number of carbonyl (C=O) groups excluding carboxylic acids is 1. The maximum Gasteiger partial charge on any atom is 0.335 e. The van der Waals surface area contributed by atoms with Gasteiger partial charge in [-0.3, -0.25) is 4.79 Å². The second-order valence-electron chi connectivity index (χ2n) is 6.50. The summed E-state index contributed by atoms with van der Waals surface area (Å²) in [6, 6.07) is 5.16. The van der Waals surface area contributed by atoms with Gasteiger partial charge in [0, 0.05) is 39.3 Å². The Labute approximate surface area is 159 Å². The number of hydrogen-bond acceptors (Lipinski definition) is 5. The quantitative estimate of drug-likeness (QED) is 0.607. The van der Waals surface area contributed by atoms with Gasteiger partial charge in [0.05, 0.1) is 10.5 Å². The molecule has 2 rings (SSSR count). The van der Waals surface area contributed by atoms with Crippen LogP contribution in [0.5, 0.6) is 0 Å². The molecule has 1 aliphatic rings. The van der Waals surface area contributed by atoms with Gasteiger partial charge in [0.1, 0.15) is 0 Å². The molecule has 0 aromatic heterocycles. The summed E-state index contributed by atoms with van der Waals surface area (Å²) in [6.07, 6.45) is 2.67. The van der Waals surface area contributed by atoms with Crippen LogP contribution in [-0.4, -0.2) is 63.1 Å². The second-order valence-corrected chi connectivity index (χ2v) is 8.44. The number of unbranched alkanes of at least 4 members (excludes halogenated alkanes) is 1. The Kier molecular flexibility index (Phi) is 7.76. The maximum absolute atomic E-state index is 12.7. The molecule has 9 heteroatoms. The summed E-state index contributed by atoms with van der Waals surface area (Å²) in [7, 11) is -2.05. The van der Waals surface area contributed by atoms with Crippen LogP contribution in [-0.2, 0) is 19.6 Å². The lowest BCUT2D eigenvalue weighted by Gasteiger charge is -2.30. The van der Waals surface area contributed by atoms with Gasteiger partial charge in [0.15, 0.2) is 0 Å². The molecule has 1 aromatic carbocycles. The maximum atomic E-state index is 12.7. The summed E-state index contributed by atoms with van der Waals surface area (Å²) in [6.45, 7) is 1.80. The van der Waals surface area contributed by atoms with Crippen molar-refractivity contribution in [3.63, 3.8) is 0 Å². The van der Waals surface area contributed by atoms with E-state index in [1.165, 1.54) is 28.6 Å². The molecule has 8 nitrogen and oxygen atoms in total. The normalized spacial score (nSPS) is 16.2. The zero-order valence-corrected chi connectivity index (χ0v) is 16.2. The van der Waals surface area contributed by atoms with Crippen molar-refractivity contribution < 1.29 is 27.9 Å². The van der Waals surface area contributed by atoms with Crippen molar-refractivity contribution >= 4 is 21.9 Å². The molecule has 1 aliphatic heterocycles. The Bertz CT molecular complexity index is 740. The fourth-order valence-corrected chi connectivity index (χ4v) is 4.47. The number of amides is 1. The van der Waals surface area contributed by atoms with Gasteiger partial charge in [0.25, 0.3) is 0 Å². The van der Waals surface area contributed by atoms with Gasteiger partial charge in [-0.1, -0.05) is 0 Å². The van der Waals surface area contributed by atoms with Crippen molar-refractivity contribution in [2.75, 3.05) is 33.4 Å². The number of ether oxygens (including phenoxy) is 1. The molecular weight excluding hydrogens is 372 g/mol. The van der Waals surface area contributed by atoms with E-state index in [2.05, 4.69) is 5.32 Å². The molecule has 1 heterocycles. The molecular formula is C18H26N2O6S. The number of carboxylic acid groups (broad SMARTS) is 1. The number of hydrogen-bond donors (Lipinski definition) is 2. The SMILES string of the molecule is COCCCCNC(=O)C1CCN(S(=O)(=O)c2ccc(C(=O)O)cc2)CC1. The number of sulfonamides is 1. The van der Waals surface area contributed by atoms with E-state index in [4.69, 9.17) is 9.84 Å². The van der Waals surface area contributed by atoms with Gasteiger partial charge in [-0.25, -0.2) is 13.2 Å². The van der Waals surface area contributed by atoms with Crippen LogP contribution in [0, 0.1) is 5.92 Å². The van der Waals surface area contributed by atoms with Gasteiger partial charge in [-0.2, -0.15) is 4.31 Å². The van der Waals surface area contributed by atoms with Crippen molar-refractivity contribution in [1.29, 1.82) is 0 Å². The molecule has 0 radical (unpaired) electrons. The highest BCUT2D eigenvalue weighted by atomic mass is 32.2. The first-order valence-corrected chi connectivity index (χ1v) is 10.4. The Morgan fingerprint density at radius 1 is 1.19 bits per heavy atom. The van der Waals surface area contributed by atoms with E-state index < -0.39 is 16.0 Å². The minimum absolute atomic E-state index is 0.0322. The van der Waals surface area contributed by atoms with Crippen LogP contribution in [0.15, 0.2) is 29.2 Å². The Morgan fingerprint density at radius 2 is 1.81 bits per heavy atom. The van der Waals surface area contributed by atoms with Gasteiger partial charge in [-0.05, 0) is 49.9 Å². The van der Waals surface area contributed by atoms with E-state index >= 15 is 0 Å². The third-order valence-corrected chi connectivity index (χ3v) is 6.55. The van der Waals surface area contributed by atoms with E-state index in [1.54, 1.807) is 7.11 Å². The summed E-state index contributed by atoms with van der Waals surface area (Å²) in [5.74, 6) is -1.32. The third kappa shape index (κ3) is 5.75. The lowest BCUT2D eigenvalue weighted by Crippen LogP contribution is -2.43. The highest BCUT2D eigenvalue weighted by Crippen LogP contribution is 2.24. The molecule has 1 saturated heterocycles. The highest BCUT2D eigenvalue weighted by molar-refractivity contribution is 7.89.